The molecule has 0 radical (unpaired) electrons. The quantitative estimate of drug-likeness (QED) is 0.326. The van der Waals surface area contributed by atoms with Gasteiger partial charge < -0.3 is 29.8 Å². The van der Waals surface area contributed by atoms with Crippen LogP contribution in [-0.4, -0.2) is 82.6 Å². The Kier molecular flexibility index (Phi) is 7.36. The Labute approximate surface area is 209 Å². The number of nitrogens with zero attached hydrogens (tertiary/aromatic N) is 5. The van der Waals surface area contributed by atoms with Gasteiger partial charge >= 0.3 is 0 Å². The third-order valence-electron chi connectivity index (χ3n) is 6.42. The van der Waals surface area contributed by atoms with Gasteiger partial charge in [0.1, 0.15) is 36.3 Å². The summed E-state index contributed by atoms with van der Waals surface area (Å²) in [5, 5.41) is 13.9. The molecule has 0 unspecified atom stereocenters. The number of aromatic nitrogens is 5. The number of hydrogen-bond acceptors (Lipinski definition) is 9. The number of aliphatic hydroxyl groups excluding tert-OH is 1. The Hall–Kier alpha value is -3.60. The number of ether oxygens (including phenoxy) is 2. The molecule has 1 saturated heterocycles. The van der Waals surface area contributed by atoms with E-state index in [1.54, 1.807) is 13.2 Å². The molecule has 1 aliphatic heterocycles. The molecule has 4 aromatic rings. The average Bonchev–Trinajstić information content (AvgIpc) is 3.36. The van der Waals surface area contributed by atoms with Crippen LogP contribution in [0.5, 0.6) is 5.75 Å². The fourth-order valence-electron chi connectivity index (χ4n) is 4.43. The third kappa shape index (κ3) is 5.30. The van der Waals surface area contributed by atoms with E-state index in [4.69, 9.17) is 19.4 Å². The second kappa shape index (κ2) is 11.0. The smallest absolute Gasteiger partial charge is 0.162 e. The van der Waals surface area contributed by atoms with Gasteiger partial charge in [-0.2, -0.15) is 0 Å². The van der Waals surface area contributed by atoms with Gasteiger partial charge in [0, 0.05) is 67.8 Å². The van der Waals surface area contributed by atoms with Crippen molar-refractivity contribution in [2.45, 2.75) is 25.0 Å². The van der Waals surface area contributed by atoms with Gasteiger partial charge in [-0.3, -0.25) is 0 Å². The number of likely N-dealkylation sites (N-methyl/N-ethyl adjacent to an activating group) is 1. The van der Waals surface area contributed by atoms with E-state index in [1.807, 2.05) is 36.5 Å². The summed E-state index contributed by atoms with van der Waals surface area (Å²) in [7, 11) is 3.87. The van der Waals surface area contributed by atoms with Crippen molar-refractivity contribution in [3.63, 3.8) is 0 Å². The van der Waals surface area contributed by atoms with E-state index >= 15 is 0 Å². The molecule has 0 saturated carbocycles. The maximum absolute atomic E-state index is 10.0. The minimum absolute atomic E-state index is 0.193. The van der Waals surface area contributed by atoms with Crippen LogP contribution in [0, 0.1) is 0 Å². The highest BCUT2D eigenvalue weighted by atomic mass is 16.5. The molecule has 1 atom stereocenters. The normalized spacial score (nSPS) is 15.2. The van der Waals surface area contributed by atoms with Crippen molar-refractivity contribution in [3.8, 4) is 28.4 Å². The highest BCUT2D eigenvalue weighted by molar-refractivity contribution is 5.92. The molecule has 1 fully saturated rings. The number of nitrogens with one attached hydrogen (secondary N) is 2. The van der Waals surface area contributed by atoms with E-state index in [0.29, 0.717) is 24.2 Å². The molecule has 1 aliphatic rings. The number of hydrogen-bond donors (Lipinski definition) is 3. The highest BCUT2D eigenvalue weighted by Crippen LogP contribution is 2.32. The fraction of sp³-hybridized carbons (Fsp3) is 0.385. The molecule has 0 aliphatic carbocycles. The Morgan fingerprint density at radius 2 is 2.11 bits per heavy atom. The van der Waals surface area contributed by atoms with Crippen molar-refractivity contribution in [1.82, 2.24) is 30.2 Å². The fourth-order valence-corrected chi connectivity index (χ4v) is 4.43. The van der Waals surface area contributed by atoms with E-state index < -0.39 is 6.10 Å². The molecule has 3 N–H and O–H groups in total. The summed E-state index contributed by atoms with van der Waals surface area (Å²) in [6, 6.07) is 10.00. The lowest BCUT2D eigenvalue weighted by molar-refractivity contribution is 0.0853. The lowest BCUT2D eigenvalue weighted by Crippen LogP contribution is -2.37. The Balaban J connectivity index is 1.53. The summed E-state index contributed by atoms with van der Waals surface area (Å²) in [4.78, 5) is 23.8. The van der Waals surface area contributed by atoms with Gasteiger partial charge in [-0.25, -0.2) is 19.9 Å². The maximum Gasteiger partial charge on any atom is 0.162 e. The number of rotatable bonds is 9. The van der Waals surface area contributed by atoms with Crippen molar-refractivity contribution >= 4 is 16.9 Å². The summed E-state index contributed by atoms with van der Waals surface area (Å²) < 4.78 is 11.4. The summed E-state index contributed by atoms with van der Waals surface area (Å²) in [6.07, 6.45) is 6.53. The second-order valence-corrected chi connectivity index (χ2v) is 8.93. The zero-order chi connectivity index (χ0) is 24.9. The van der Waals surface area contributed by atoms with Crippen LogP contribution in [0.15, 0.2) is 49.1 Å². The van der Waals surface area contributed by atoms with Crippen LogP contribution in [0.3, 0.4) is 0 Å². The van der Waals surface area contributed by atoms with E-state index in [2.05, 4.69) is 32.2 Å². The number of aromatic amines is 1. The molecule has 36 heavy (non-hydrogen) atoms. The number of fused-ring (bicyclic) bond motifs is 1. The number of H-pyrrole nitrogens is 1. The SMILES string of the molecule is CNC[C@@H](O)COc1cccc(-c2nc(-c3c[nH]c4ncncc34)cc(N(C)C3CCOCC3)n2)c1. The van der Waals surface area contributed by atoms with Crippen LogP contribution in [-0.2, 0) is 4.74 Å². The van der Waals surface area contributed by atoms with E-state index in [9.17, 15) is 5.11 Å². The molecule has 0 bridgehead atoms. The number of aliphatic hydroxyl groups is 1. The standard InChI is InChI=1S/C26H31N7O3/c1-27-12-19(34)15-36-20-5-3-4-17(10-20)25-31-23(21-14-29-26-22(21)13-28-16-30-26)11-24(32-25)33(2)18-6-8-35-9-7-18/h3-5,10-11,13-14,16,18-19,27,34H,6-9,12,15H2,1-2H3,(H,28,29,30)/t19-/m1/s1. The maximum atomic E-state index is 10.0. The van der Waals surface area contributed by atoms with E-state index in [-0.39, 0.29) is 6.61 Å². The van der Waals surface area contributed by atoms with Crippen LogP contribution in [0.25, 0.3) is 33.7 Å². The Morgan fingerprint density at radius 3 is 2.94 bits per heavy atom. The topological polar surface area (TPSA) is 121 Å². The van der Waals surface area contributed by atoms with Crippen LogP contribution in [0.4, 0.5) is 5.82 Å². The first-order chi connectivity index (χ1) is 17.6. The van der Waals surface area contributed by atoms with Gasteiger partial charge in [0.15, 0.2) is 5.82 Å². The Morgan fingerprint density at radius 1 is 1.25 bits per heavy atom. The first kappa shape index (κ1) is 24.1. The Bertz CT molecular complexity index is 1310. The van der Waals surface area contributed by atoms with Gasteiger partial charge in [0.2, 0.25) is 0 Å². The molecule has 4 heterocycles. The summed E-state index contributed by atoms with van der Waals surface area (Å²) in [5.41, 5.74) is 3.29. The van der Waals surface area contributed by atoms with Crippen molar-refractivity contribution in [2.24, 2.45) is 0 Å². The molecule has 0 spiro atoms. The molecule has 10 heteroatoms. The van der Waals surface area contributed by atoms with Crippen LogP contribution >= 0.6 is 0 Å². The molecule has 5 rings (SSSR count). The van der Waals surface area contributed by atoms with Gasteiger partial charge in [0.05, 0.1) is 5.69 Å². The van der Waals surface area contributed by atoms with Crippen LogP contribution in [0.1, 0.15) is 12.8 Å². The van der Waals surface area contributed by atoms with E-state index in [1.165, 1.54) is 6.33 Å². The summed E-state index contributed by atoms with van der Waals surface area (Å²) in [5.74, 6) is 2.08. The predicted octanol–water partition coefficient (Wildman–Crippen LogP) is 2.66. The first-order valence-corrected chi connectivity index (χ1v) is 12.2. The molecular weight excluding hydrogens is 458 g/mol. The molecular formula is C26H31N7O3. The summed E-state index contributed by atoms with van der Waals surface area (Å²) in [6.45, 7) is 2.15. The first-order valence-electron chi connectivity index (χ1n) is 12.2. The lowest BCUT2D eigenvalue weighted by Gasteiger charge is -2.32. The van der Waals surface area contributed by atoms with Gasteiger partial charge in [0.25, 0.3) is 0 Å². The largest absolute Gasteiger partial charge is 0.491 e. The monoisotopic (exact) mass is 489 g/mol. The number of benzene rings is 1. The van der Waals surface area contributed by atoms with Crippen molar-refractivity contribution in [3.05, 3.63) is 49.1 Å². The molecule has 1 aromatic carbocycles. The van der Waals surface area contributed by atoms with Gasteiger partial charge in [-0.1, -0.05) is 12.1 Å². The third-order valence-corrected chi connectivity index (χ3v) is 6.42. The molecule has 188 valence electrons. The molecule has 10 nitrogen and oxygen atoms in total. The van der Waals surface area contributed by atoms with Crippen molar-refractivity contribution in [2.75, 3.05) is 45.4 Å². The zero-order valence-electron chi connectivity index (χ0n) is 20.5. The highest BCUT2D eigenvalue weighted by Gasteiger charge is 2.22. The minimum Gasteiger partial charge on any atom is -0.491 e. The predicted molar refractivity (Wildman–Crippen MR) is 138 cm³/mol. The minimum atomic E-state index is -0.595. The van der Waals surface area contributed by atoms with Crippen molar-refractivity contribution < 1.29 is 14.6 Å². The van der Waals surface area contributed by atoms with Crippen molar-refractivity contribution in [1.29, 1.82) is 0 Å². The van der Waals surface area contributed by atoms with E-state index in [0.717, 1.165) is 59.7 Å². The zero-order valence-corrected chi connectivity index (χ0v) is 20.5. The number of anilines is 1. The van der Waals surface area contributed by atoms with Crippen LogP contribution in [0.2, 0.25) is 0 Å². The molecule has 0 amide bonds. The second-order valence-electron chi connectivity index (χ2n) is 8.93. The van der Waals surface area contributed by atoms with Gasteiger partial charge in [-0.05, 0) is 32.0 Å². The molecule has 3 aromatic heterocycles. The van der Waals surface area contributed by atoms with Gasteiger partial charge in [-0.15, -0.1) is 0 Å². The lowest BCUT2D eigenvalue weighted by atomic mass is 10.1. The van der Waals surface area contributed by atoms with Crippen LogP contribution < -0.4 is 15.0 Å². The average molecular weight is 490 g/mol. The summed E-state index contributed by atoms with van der Waals surface area (Å²) >= 11 is 0.